The van der Waals surface area contributed by atoms with Crippen LogP contribution in [-0.2, 0) is 0 Å². The molecule has 1 rings (SSSR count). The van der Waals surface area contributed by atoms with Crippen molar-refractivity contribution < 1.29 is 4.74 Å². The summed E-state index contributed by atoms with van der Waals surface area (Å²) in [5.74, 6) is 0.910. The van der Waals surface area contributed by atoms with Crippen molar-refractivity contribution in [2.24, 2.45) is 5.41 Å². The second-order valence-electron chi connectivity index (χ2n) is 5.91. The van der Waals surface area contributed by atoms with Crippen molar-refractivity contribution in [1.29, 1.82) is 5.26 Å². The third-order valence-corrected chi connectivity index (χ3v) is 3.95. The number of halogens is 1. The quantitative estimate of drug-likeness (QED) is 0.681. The summed E-state index contributed by atoms with van der Waals surface area (Å²) in [5, 5.41) is 12.4. The molecule has 0 aliphatic carbocycles. The molecule has 1 atom stereocenters. The van der Waals surface area contributed by atoms with E-state index in [2.05, 4.69) is 47.2 Å². The topological polar surface area (TPSA) is 45.0 Å². The van der Waals surface area contributed by atoms with Gasteiger partial charge in [0.2, 0.25) is 0 Å². The van der Waals surface area contributed by atoms with E-state index in [1.165, 1.54) is 5.56 Å². The molecule has 0 fully saturated rings. The number of hydrogen-bond donors (Lipinski definition) is 1. The van der Waals surface area contributed by atoms with Gasteiger partial charge in [-0.1, -0.05) is 28.9 Å². The summed E-state index contributed by atoms with van der Waals surface area (Å²) in [6.45, 7) is 9.72. The summed E-state index contributed by atoms with van der Waals surface area (Å²) in [7, 11) is 0. The summed E-state index contributed by atoms with van der Waals surface area (Å²) in [6.07, 6.45) is 1.72. The fourth-order valence-corrected chi connectivity index (χ4v) is 2.50. The first-order chi connectivity index (χ1) is 9.89. The molecule has 116 valence electrons. The summed E-state index contributed by atoms with van der Waals surface area (Å²) >= 11 is 3.49. The van der Waals surface area contributed by atoms with Crippen molar-refractivity contribution in [1.82, 2.24) is 5.32 Å². The Bertz CT molecular complexity index is 494. The van der Waals surface area contributed by atoms with Gasteiger partial charge in [0.15, 0.2) is 0 Å². The van der Waals surface area contributed by atoms with Crippen LogP contribution in [0.15, 0.2) is 22.7 Å². The van der Waals surface area contributed by atoms with E-state index in [-0.39, 0.29) is 11.5 Å². The highest BCUT2D eigenvalue weighted by Gasteiger charge is 2.16. The molecule has 21 heavy (non-hydrogen) atoms. The van der Waals surface area contributed by atoms with Crippen molar-refractivity contribution in [3.63, 3.8) is 0 Å². The minimum Gasteiger partial charge on any atom is -0.493 e. The van der Waals surface area contributed by atoms with Crippen LogP contribution in [0.3, 0.4) is 0 Å². The molecule has 0 aliphatic rings. The summed E-state index contributed by atoms with van der Waals surface area (Å²) < 4.78 is 6.96. The molecular formula is C17H25BrN2O. The Kier molecular flexibility index (Phi) is 7.21. The number of hydrogen-bond acceptors (Lipinski definition) is 3. The van der Waals surface area contributed by atoms with Gasteiger partial charge in [0.1, 0.15) is 5.75 Å². The van der Waals surface area contributed by atoms with Gasteiger partial charge in [-0.2, -0.15) is 5.26 Å². The van der Waals surface area contributed by atoms with Gasteiger partial charge in [0.05, 0.1) is 18.1 Å². The molecule has 3 nitrogen and oxygen atoms in total. The van der Waals surface area contributed by atoms with Crippen molar-refractivity contribution in [2.45, 2.75) is 46.6 Å². The highest BCUT2D eigenvalue weighted by molar-refractivity contribution is 9.10. The molecule has 1 aromatic rings. The highest BCUT2D eigenvalue weighted by Crippen LogP contribution is 2.29. The number of nitriles is 1. The number of benzene rings is 1. The van der Waals surface area contributed by atoms with E-state index >= 15 is 0 Å². The number of rotatable bonds is 8. The zero-order chi connectivity index (χ0) is 15.9. The third-order valence-electron chi connectivity index (χ3n) is 3.46. The molecule has 0 aromatic heterocycles. The smallest absolute Gasteiger partial charge is 0.125 e. The summed E-state index contributed by atoms with van der Waals surface area (Å²) in [6, 6.07) is 8.72. The van der Waals surface area contributed by atoms with E-state index in [1.54, 1.807) is 0 Å². The van der Waals surface area contributed by atoms with Crippen LogP contribution in [0.25, 0.3) is 0 Å². The maximum absolute atomic E-state index is 9.02. The normalized spacial score (nSPS) is 12.8. The second-order valence-corrected chi connectivity index (χ2v) is 6.82. The molecule has 1 N–H and O–H groups in total. The SMILES string of the molecule is CCNC(C)c1ccc(Br)cc1OCCCC(C)(C)C#N. The van der Waals surface area contributed by atoms with Crippen molar-refractivity contribution in [3.05, 3.63) is 28.2 Å². The molecule has 0 radical (unpaired) electrons. The Hall–Kier alpha value is -1.05. The molecule has 1 unspecified atom stereocenters. The predicted molar refractivity (Wildman–Crippen MR) is 90.4 cm³/mol. The lowest BCUT2D eigenvalue weighted by atomic mass is 9.90. The van der Waals surface area contributed by atoms with E-state index in [0.717, 1.165) is 29.6 Å². The average molecular weight is 353 g/mol. The Morgan fingerprint density at radius 3 is 2.76 bits per heavy atom. The van der Waals surface area contributed by atoms with Crippen LogP contribution < -0.4 is 10.1 Å². The van der Waals surface area contributed by atoms with Gasteiger partial charge in [-0.25, -0.2) is 0 Å². The zero-order valence-electron chi connectivity index (χ0n) is 13.4. The fraction of sp³-hybridized carbons (Fsp3) is 0.588. The number of nitrogens with one attached hydrogen (secondary N) is 1. The minimum atomic E-state index is -0.277. The van der Waals surface area contributed by atoms with E-state index in [9.17, 15) is 0 Å². The van der Waals surface area contributed by atoms with Gasteiger partial charge >= 0.3 is 0 Å². The van der Waals surface area contributed by atoms with Crippen LogP contribution in [0.1, 0.15) is 52.1 Å². The van der Waals surface area contributed by atoms with Crippen LogP contribution in [0.2, 0.25) is 0 Å². The molecule has 0 aliphatic heterocycles. The lowest BCUT2D eigenvalue weighted by Gasteiger charge is -2.19. The largest absolute Gasteiger partial charge is 0.493 e. The Morgan fingerprint density at radius 1 is 1.43 bits per heavy atom. The van der Waals surface area contributed by atoms with Crippen LogP contribution >= 0.6 is 15.9 Å². The van der Waals surface area contributed by atoms with Gasteiger partial charge < -0.3 is 10.1 Å². The maximum atomic E-state index is 9.02. The molecule has 0 amide bonds. The van der Waals surface area contributed by atoms with Gasteiger partial charge in [0, 0.05) is 16.1 Å². The van der Waals surface area contributed by atoms with Gasteiger partial charge in [-0.15, -0.1) is 0 Å². The van der Waals surface area contributed by atoms with Crippen molar-refractivity contribution in [2.75, 3.05) is 13.2 Å². The first-order valence-corrected chi connectivity index (χ1v) is 8.26. The molecule has 0 saturated heterocycles. The molecule has 1 aromatic carbocycles. The molecule has 0 bridgehead atoms. The van der Waals surface area contributed by atoms with Gasteiger partial charge in [-0.05, 0) is 52.3 Å². The Labute approximate surface area is 136 Å². The summed E-state index contributed by atoms with van der Waals surface area (Å²) in [5.41, 5.74) is 0.889. The molecule has 4 heteroatoms. The zero-order valence-corrected chi connectivity index (χ0v) is 15.0. The predicted octanol–water partition coefficient (Wildman–Crippen LogP) is 4.83. The van der Waals surface area contributed by atoms with E-state index in [1.807, 2.05) is 26.0 Å². The molecule has 0 heterocycles. The van der Waals surface area contributed by atoms with Crippen LogP contribution in [0, 0.1) is 16.7 Å². The van der Waals surface area contributed by atoms with Crippen molar-refractivity contribution >= 4 is 15.9 Å². The average Bonchev–Trinajstić information content (AvgIpc) is 2.44. The van der Waals surface area contributed by atoms with E-state index < -0.39 is 0 Å². The number of ether oxygens (including phenoxy) is 1. The Balaban J connectivity index is 2.65. The molecule has 0 saturated carbocycles. The summed E-state index contributed by atoms with van der Waals surface area (Å²) in [4.78, 5) is 0. The van der Waals surface area contributed by atoms with Gasteiger partial charge in [-0.3, -0.25) is 0 Å². The van der Waals surface area contributed by atoms with Crippen LogP contribution in [0.4, 0.5) is 0 Å². The fourth-order valence-electron chi connectivity index (χ4n) is 2.16. The standard InChI is InChI=1S/C17H25BrN2O/c1-5-20-13(2)15-8-7-14(18)11-16(15)21-10-6-9-17(3,4)12-19/h7-8,11,13,20H,5-6,9-10H2,1-4H3. The number of nitrogens with zero attached hydrogens (tertiary/aromatic N) is 1. The minimum absolute atomic E-state index is 0.258. The van der Waals surface area contributed by atoms with Gasteiger partial charge in [0.25, 0.3) is 0 Å². The first kappa shape index (κ1) is 18.0. The highest BCUT2D eigenvalue weighted by atomic mass is 79.9. The first-order valence-electron chi connectivity index (χ1n) is 7.46. The second kappa shape index (κ2) is 8.41. The molecule has 0 spiro atoms. The monoisotopic (exact) mass is 352 g/mol. The third kappa shape index (κ3) is 6.07. The Morgan fingerprint density at radius 2 is 2.14 bits per heavy atom. The lowest BCUT2D eigenvalue weighted by Crippen LogP contribution is -2.18. The van der Waals surface area contributed by atoms with Crippen LogP contribution in [-0.4, -0.2) is 13.2 Å². The lowest BCUT2D eigenvalue weighted by molar-refractivity contribution is 0.279. The van der Waals surface area contributed by atoms with E-state index in [4.69, 9.17) is 10.00 Å². The maximum Gasteiger partial charge on any atom is 0.125 e. The van der Waals surface area contributed by atoms with Crippen LogP contribution in [0.5, 0.6) is 5.75 Å². The molecular weight excluding hydrogens is 328 g/mol. The van der Waals surface area contributed by atoms with E-state index in [0.29, 0.717) is 6.61 Å². The van der Waals surface area contributed by atoms with Crippen molar-refractivity contribution in [3.8, 4) is 11.8 Å².